The van der Waals surface area contributed by atoms with Crippen LogP contribution in [0.3, 0.4) is 0 Å². The molecule has 0 fully saturated rings. The third-order valence-corrected chi connectivity index (χ3v) is 3.44. The van der Waals surface area contributed by atoms with Crippen molar-refractivity contribution in [2.45, 2.75) is 90.0 Å². The molecule has 0 saturated carbocycles. The molecule has 0 rings (SSSR count). The van der Waals surface area contributed by atoms with Crippen LogP contribution in [0, 0.1) is 0 Å². The molecular weight excluding hydrogens is 249 g/mol. The van der Waals surface area contributed by atoms with Gasteiger partial charge < -0.3 is 12.3 Å². The van der Waals surface area contributed by atoms with E-state index in [1.54, 1.807) is 0 Å². The maximum Gasteiger partial charge on any atom is 1.00 e. The number of carboxylic acid groups (broad SMARTS) is 1. The van der Waals surface area contributed by atoms with Gasteiger partial charge in [-0.3, -0.25) is 4.79 Å². The maximum atomic E-state index is 10.5. The first kappa shape index (κ1) is 21.7. The normalized spacial score (nSPS) is 11.9. The number of aliphatic carboxylic acids is 1. The summed E-state index contributed by atoms with van der Waals surface area (Å²) in [6, 6.07) is -0.663. The van der Waals surface area contributed by atoms with Gasteiger partial charge in [0.1, 0.15) is 6.04 Å². The summed E-state index contributed by atoms with van der Waals surface area (Å²) in [5, 5.41) is 8.62. The summed E-state index contributed by atoms with van der Waals surface area (Å²) in [5.74, 6) is -0.873. The minimum atomic E-state index is -0.873. The summed E-state index contributed by atoms with van der Waals surface area (Å²) in [6.07, 6.45) is 14.7. The first-order chi connectivity index (χ1) is 8.68. The van der Waals surface area contributed by atoms with E-state index in [2.05, 4.69) is 6.92 Å². The van der Waals surface area contributed by atoms with Gasteiger partial charge in [-0.1, -0.05) is 77.6 Å². The second kappa shape index (κ2) is 16.5. The van der Waals surface area contributed by atoms with Crippen LogP contribution in [0.4, 0.5) is 0 Å². The van der Waals surface area contributed by atoms with E-state index >= 15 is 0 Å². The number of hydrogen-bond donors (Lipinski definition) is 2. The van der Waals surface area contributed by atoms with E-state index in [1.165, 1.54) is 57.8 Å². The van der Waals surface area contributed by atoms with Crippen molar-refractivity contribution in [1.29, 1.82) is 0 Å². The average Bonchev–Trinajstić information content (AvgIpc) is 2.35. The molecule has 0 amide bonds. The fourth-order valence-electron chi connectivity index (χ4n) is 2.15. The van der Waals surface area contributed by atoms with Crippen molar-refractivity contribution in [3.63, 3.8) is 0 Å². The van der Waals surface area contributed by atoms with Gasteiger partial charge in [0, 0.05) is 0 Å². The predicted molar refractivity (Wildman–Crippen MR) is 77.8 cm³/mol. The summed E-state index contributed by atoms with van der Waals surface area (Å²) < 4.78 is 0. The van der Waals surface area contributed by atoms with Gasteiger partial charge in [-0.2, -0.15) is 0 Å². The summed E-state index contributed by atoms with van der Waals surface area (Å²) in [6.45, 7) is 2.25. The zero-order valence-electron chi connectivity index (χ0n) is 14.0. The van der Waals surface area contributed by atoms with Crippen molar-refractivity contribution in [2.75, 3.05) is 0 Å². The van der Waals surface area contributed by atoms with Crippen LogP contribution in [0.1, 0.15) is 85.4 Å². The molecule has 3 nitrogen and oxygen atoms in total. The van der Waals surface area contributed by atoms with Gasteiger partial charge in [-0.05, 0) is 6.42 Å². The zero-order chi connectivity index (χ0) is 13.6. The smallest absolute Gasteiger partial charge is 1.00 e. The van der Waals surface area contributed by atoms with E-state index in [0.717, 1.165) is 12.8 Å². The maximum absolute atomic E-state index is 10.5. The van der Waals surface area contributed by atoms with E-state index < -0.39 is 12.0 Å². The molecule has 4 heteroatoms. The molecule has 0 radical (unpaired) electrons. The molecule has 1 unspecified atom stereocenters. The van der Waals surface area contributed by atoms with Crippen molar-refractivity contribution in [2.24, 2.45) is 5.73 Å². The van der Waals surface area contributed by atoms with Crippen LogP contribution in [0.5, 0.6) is 0 Å². The van der Waals surface area contributed by atoms with Gasteiger partial charge in [0.2, 0.25) is 0 Å². The van der Waals surface area contributed by atoms with Crippen molar-refractivity contribution >= 4 is 5.97 Å². The molecule has 0 bridgehead atoms. The topological polar surface area (TPSA) is 63.3 Å². The second-order valence-electron chi connectivity index (χ2n) is 5.27. The van der Waals surface area contributed by atoms with Crippen LogP contribution in [-0.4, -0.2) is 17.1 Å². The Hall–Kier alpha value is 0.430. The molecule has 0 aliphatic heterocycles. The molecule has 1 atom stereocenters. The summed E-state index contributed by atoms with van der Waals surface area (Å²) in [5.41, 5.74) is 5.44. The Kier molecular flexibility index (Phi) is 18.8. The van der Waals surface area contributed by atoms with Gasteiger partial charge in [0.05, 0.1) is 0 Å². The minimum Gasteiger partial charge on any atom is -1.00 e. The van der Waals surface area contributed by atoms with Crippen LogP contribution < -0.4 is 35.3 Å². The van der Waals surface area contributed by atoms with Gasteiger partial charge in [0.25, 0.3) is 0 Å². The summed E-state index contributed by atoms with van der Waals surface area (Å²) >= 11 is 0. The second-order valence-corrected chi connectivity index (χ2v) is 5.27. The fourth-order valence-corrected chi connectivity index (χ4v) is 2.15. The Morgan fingerprint density at radius 3 is 1.68 bits per heavy atom. The van der Waals surface area contributed by atoms with Crippen LogP contribution >= 0.6 is 0 Å². The van der Waals surface area contributed by atoms with Crippen LogP contribution in [0.2, 0.25) is 0 Å². The van der Waals surface area contributed by atoms with Crippen LogP contribution in [0.15, 0.2) is 0 Å². The van der Waals surface area contributed by atoms with Crippen LogP contribution in [0.25, 0.3) is 0 Å². The van der Waals surface area contributed by atoms with Gasteiger partial charge in [-0.15, -0.1) is 0 Å². The molecule has 0 saturated heterocycles. The average molecular weight is 281 g/mol. The summed E-state index contributed by atoms with van der Waals surface area (Å²) in [4.78, 5) is 10.5. The largest absolute Gasteiger partial charge is 1.00 e. The minimum absolute atomic E-state index is 0. The van der Waals surface area contributed by atoms with E-state index in [9.17, 15) is 4.79 Å². The van der Waals surface area contributed by atoms with E-state index in [0.29, 0.717) is 6.42 Å². The van der Waals surface area contributed by atoms with Gasteiger partial charge >= 0.3 is 35.5 Å². The van der Waals surface area contributed by atoms with Gasteiger partial charge in [-0.25, -0.2) is 0 Å². The Bertz CT molecular complexity index is 206. The van der Waals surface area contributed by atoms with E-state index in [1.807, 2.05) is 0 Å². The third-order valence-electron chi connectivity index (χ3n) is 3.44. The quantitative estimate of drug-likeness (QED) is 0.394. The molecule has 19 heavy (non-hydrogen) atoms. The van der Waals surface area contributed by atoms with Crippen molar-refractivity contribution in [1.82, 2.24) is 0 Å². The Morgan fingerprint density at radius 1 is 0.947 bits per heavy atom. The van der Waals surface area contributed by atoms with Gasteiger partial charge in [0.15, 0.2) is 0 Å². The van der Waals surface area contributed by atoms with Crippen LogP contribution in [-0.2, 0) is 4.79 Å². The first-order valence-electron chi connectivity index (χ1n) is 7.67. The molecule has 0 aromatic carbocycles. The number of carboxylic acids is 1. The fraction of sp³-hybridized carbons (Fsp3) is 0.933. The zero-order valence-corrected chi connectivity index (χ0v) is 15.0. The number of nitrogens with two attached hydrogens (primary N) is 1. The molecular formula is C15H32NNaO2. The Labute approximate surface area is 142 Å². The Morgan fingerprint density at radius 2 is 1.32 bits per heavy atom. The molecule has 0 aliphatic carbocycles. The molecule has 110 valence electrons. The molecule has 0 aromatic heterocycles. The molecule has 0 aromatic rings. The van der Waals surface area contributed by atoms with E-state index in [-0.39, 0.29) is 31.0 Å². The first-order valence-corrected chi connectivity index (χ1v) is 7.67. The standard InChI is InChI=1S/C15H31NO2.Na.H/c1-2-3-4-5-6-7-8-9-10-11-12-13-14(16)15(17)18;;/h14H,2-13,16H2,1H3,(H,17,18);;/q;+1;-1. The molecule has 0 aliphatic rings. The monoisotopic (exact) mass is 281 g/mol. The SMILES string of the molecule is CCCCCCCCCCCCCC(N)C(=O)O.[H-].[Na+]. The number of carbonyl (C=O) groups is 1. The van der Waals surface area contributed by atoms with Crippen molar-refractivity contribution < 1.29 is 40.9 Å². The van der Waals surface area contributed by atoms with Crippen molar-refractivity contribution in [3.05, 3.63) is 0 Å². The van der Waals surface area contributed by atoms with Crippen molar-refractivity contribution in [3.8, 4) is 0 Å². The number of hydrogen-bond acceptors (Lipinski definition) is 2. The molecule has 0 spiro atoms. The van der Waals surface area contributed by atoms with E-state index in [4.69, 9.17) is 10.8 Å². The summed E-state index contributed by atoms with van der Waals surface area (Å²) in [7, 11) is 0. The predicted octanol–water partition coefficient (Wildman–Crippen LogP) is 1.22. The molecule has 0 heterocycles. The number of rotatable bonds is 13. The Balaban J connectivity index is -0.00000144. The third kappa shape index (κ3) is 16.4. The molecule has 3 N–H and O–H groups in total. The number of unbranched alkanes of at least 4 members (excludes halogenated alkanes) is 10.